The maximum absolute atomic E-state index is 11.0. The number of methoxy groups -OCH3 is 1. The standard InChI is InChI=1S/C9H16N2O4/c1-15-8(7(10)12)11-4-2-6(3-5-11)9(13)14/h6,8H,2-5H2,1H3,(H2,10,12)(H,13,14). The molecule has 0 aromatic carbocycles. The molecule has 0 saturated carbocycles. The van der Waals surface area contributed by atoms with Gasteiger partial charge in [-0.05, 0) is 12.8 Å². The van der Waals surface area contributed by atoms with Crippen LogP contribution in [0.2, 0.25) is 0 Å². The van der Waals surface area contributed by atoms with E-state index in [0.717, 1.165) is 0 Å². The number of primary amides is 1. The fourth-order valence-electron chi connectivity index (χ4n) is 1.83. The van der Waals surface area contributed by atoms with Crippen LogP contribution in [0.4, 0.5) is 0 Å². The number of carbonyl (C=O) groups excluding carboxylic acids is 1. The molecule has 1 rings (SSSR count). The molecule has 0 spiro atoms. The average Bonchev–Trinajstić information content (AvgIpc) is 2.19. The number of nitrogens with two attached hydrogens (primary N) is 1. The zero-order valence-corrected chi connectivity index (χ0v) is 8.68. The largest absolute Gasteiger partial charge is 0.481 e. The van der Waals surface area contributed by atoms with E-state index in [1.165, 1.54) is 7.11 Å². The third kappa shape index (κ3) is 2.90. The molecule has 0 aliphatic carbocycles. The second-order valence-corrected chi connectivity index (χ2v) is 3.64. The number of piperidine rings is 1. The van der Waals surface area contributed by atoms with E-state index in [0.29, 0.717) is 25.9 Å². The van der Waals surface area contributed by atoms with E-state index in [1.54, 1.807) is 4.90 Å². The van der Waals surface area contributed by atoms with Crippen LogP contribution >= 0.6 is 0 Å². The molecule has 1 saturated heterocycles. The van der Waals surface area contributed by atoms with Crippen LogP contribution in [0, 0.1) is 5.92 Å². The molecule has 6 heteroatoms. The number of ether oxygens (including phenoxy) is 1. The lowest BCUT2D eigenvalue weighted by molar-refractivity contribution is -0.147. The summed E-state index contributed by atoms with van der Waals surface area (Å²) in [5.74, 6) is -1.62. The Bertz CT molecular complexity index is 248. The minimum absolute atomic E-state index is 0.313. The molecular formula is C9H16N2O4. The van der Waals surface area contributed by atoms with Crippen LogP contribution in [-0.4, -0.2) is 48.3 Å². The molecule has 6 nitrogen and oxygen atoms in total. The summed E-state index contributed by atoms with van der Waals surface area (Å²) in [6.07, 6.45) is 0.324. The molecule has 0 aromatic rings. The van der Waals surface area contributed by atoms with Gasteiger partial charge in [-0.2, -0.15) is 0 Å². The molecule has 86 valence electrons. The van der Waals surface area contributed by atoms with E-state index in [-0.39, 0.29) is 5.92 Å². The minimum atomic E-state index is -0.775. The number of aliphatic carboxylic acids is 1. The minimum Gasteiger partial charge on any atom is -0.481 e. The molecule has 1 aliphatic rings. The number of amides is 1. The normalized spacial score (nSPS) is 21.1. The zero-order valence-electron chi connectivity index (χ0n) is 8.68. The summed E-state index contributed by atoms with van der Waals surface area (Å²) in [6, 6.07) is 0. The molecular weight excluding hydrogens is 200 g/mol. The van der Waals surface area contributed by atoms with Crippen LogP contribution in [0.3, 0.4) is 0 Å². The second kappa shape index (κ2) is 5.09. The fraction of sp³-hybridized carbons (Fsp3) is 0.778. The summed E-state index contributed by atoms with van der Waals surface area (Å²) in [4.78, 5) is 23.4. The van der Waals surface area contributed by atoms with Gasteiger partial charge in [-0.1, -0.05) is 0 Å². The van der Waals surface area contributed by atoms with Crippen molar-refractivity contribution in [3.05, 3.63) is 0 Å². The average molecular weight is 216 g/mol. The first-order chi connectivity index (χ1) is 7.06. The quantitative estimate of drug-likeness (QED) is 0.644. The van der Waals surface area contributed by atoms with E-state index in [4.69, 9.17) is 15.6 Å². The monoisotopic (exact) mass is 216 g/mol. The van der Waals surface area contributed by atoms with Gasteiger partial charge in [0.15, 0.2) is 6.23 Å². The summed E-state index contributed by atoms with van der Waals surface area (Å²) in [5.41, 5.74) is 5.15. The molecule has 0 radical (unpaired) electrons. The van der Waals surface area contributed by atoms with Gasteiger partial charge in [0.25, 0.3) is 5.91 Å². The Morgan fingerprint density at radius 1 is 1.47 bits per heavy atom. The number of hydrogen-bond acceptors (Lipinski definition) is 4. The predicted octanol–water partition coefficient (Wildman–Crippen LogP) is -0.759. The number of carbonyl (C=O) groups is 2. The summed E-state index contributed by atoms with van der Waals surface area (Å²) < 4.78 is 4.95. The van der Waals surface area contributed by atoms with Crippen LogP contribution in [0.5, 0.6) is 0 Å². The van der Waals surface area contributed by atoms with Crippen LogP contribution in [0.1, 0.15) is 12.8 Å². The highest BCUT2D eigenvalue weighted by atomic mass is 16.5. The van der Waals surface area contributed by atoms with E-state index in [1.807, 2.05) is 0 Å². The van der Waals surface area contributed by atoms with Crippen molar-refractivity contribution in [2.75, 3.05) is 20.2 Å². The molecule has 1 atom stereocenters. The van der Waals surface area contributed by atoms with Crippen molar-refractivity contribution in [2.45, 2.75) is 19.1 Å². The number of likely N-dealkylation sites (tertiary alicyclic amines) is 1. The predicted molar refractivity (Wildman–Crippen MR) is 51.9 cm³/mol. The first-order valence-electron chi connectivity index (χ1n) is 4.85. The maximum atomic E-state index is 11.0. The van der Waals surface area contributed by atoms with Crippen LogP contribution in [-0.2, 0) is 14.3 Å². The first-order valence-corrected chi connectivity index (χ1v) is 4.85. The Balaban J connectivity index is 2.49. The maximum Gasteiger partial charge on any atom is 0.306 e. The third-order valence-corrected chi connectivity index (χ3v) is 2.68. The molecule has 15 heavy (non-hydrogen) atoms. The van der Waals surface area contributed by atoms with Crippen molar-refractivity contribution in [1.29, 1.82) is 0 Å². The first kappa shape index (κ1) is 11.9. The molecule has 1 unspecified atom stereocenters. The molecule has 1 amide bonds. The Kier molecular flexibility index (Phi) is 4.05. The Morgan fingerprint density at radius 2 is 2.00 bits per heavy atom. The van der Waals surface area contributed by atoms with Crippen LogP contribution < -0.4 is 5.73 Å². The molecule has 3 N–H and O–H groups in total. The lowest BCUT2D eigenvalue weighted by atomic mass is 9.97. The smallest absolute Gasteiger partial charge is 0.306 e. The number of hydrogen-bond donors (Lipinski definition) is 2. The van der Waals surface area contributed by atoms with Gasteiger partial charge in [0.2, 0.25) is 0 Å². The van der Waals surface area contributed by atoms with Gasteiger partial charge in [0.1, 0.15) is 0 Å². The summed E-state index contributed by atoms with van der Waals surface area (Å²) in [7, 11) is 1.42. The highest BCUT2D eigenvalue weighted by molar-refractivity contribution is 5.78. The number of carboxylic acids is 1. The molecule has 0 aromatic heterocycles. The second-order valence-electron chi connectivity index (χ2n) is 3.64. The van der Waals surface area contributed by atoms with Crippen molar-refractivity contribution in [3.63, 3.8) is 0 Å². The fourth-order valence-corrected chi connectivity index (χ4v) is 1.83. The SMILES string of the molecule is COC(C(N)=O)N1CCC(C(=O)O)CC1. The lowest BCUT2D eigenvalue weighted by Gasteiger charge is -2.33. The van der Waals surface area contributed by atoms with E-state index in [2.05, 4.69) is 0 Å². The number of nitrogens with zero attached hydrogens (tertiary/aromatic N) is 1. The van der Waals surface area contributed by atoms with Crippen molar-refractivity contribution < 1.29 is 19.4 Å². The van der Waals surface area contributed by atoms with Gasteiger partial charge in [0.05, 0.1) is 5.92 Å². The van der Waals surface area contributed by atoms with E-state index >= 15 is 0 Å². The van der Waals surface area contributed by atoms with Gasteiger partial charge >= 0.3 is 5.97 Å². The van der Waals surface area contributed by atoms with E-state index < -0.39 is 18.1 Å². The zero-order chi connectivity index (χ0) is 11.4. The highest BCUT2D eigenvalue weighted by Crippen LogP contribution is 2.19. The van der Waals surface area contributed by atoms with Crippen molar-refractivity contribution in [2.24, 2.45) is 11.7 Å². The van der Waals surface area contributed by atoms with Crippen molar-refractivity contribution >= 4 is 11.9 Å². The number of rotatable bonds is 4. The number of carboxylic acid groups (broad SMARTS) is 1. The van der Waals surface area contributed by atoms with E-state index in [9.17, 15) is 9.59 Å². The topological polar surface area (TPSA) is 92.9 Å². The van der Waals surface area contributed by atoms with Crippen LogP contribution in [0.25, 0.3) is 0 Å². The van der Waals surface area contributed by atoms with Crippen molar-refractivity contribution in [1.82, 2.24) is 4.90 Å². The molecule has 0 bridgehead atoms. The van der Waals surface area contributed by atoms with Crippen LogP contribution in [0.15, 0.2) is 0 Å². The van der Waals surface area contributed by atoms with Gasteiger partial charge < -0.3 is 15.6 Å². The molecule has 1 fully saturated rings. The van der Waals surface area contributed by atoms with Gasteiger partial charge in [0, 0.05) is 20.2 Å². The summed E-state index contributed by atoms with van der Waals surface area (Å²) in [5, 5.41) is 8.79. The summed E-state index contributed by atoms with van der Waals surface area (Å²) >= 11 is 0. The van der Waals surface area contributed by atoms with Gasteiger partial charge in [-0.15, -0.1) is 0 Å². The van der Waals surface area contributed by atoms with Crippen molar-refractivity contribution in [3.8, 4) is 0 Å². The highest BCUT2D eigenvalue weighted by Gasteiger charge is 2.30. The Morgan fingerprint density at radius 3 is 2.33 bits per heavy atom. The third-order valence-electron chi connectivity index (χ3n) is 2.68. The molecule has 1 aliphatic heterocycles. The Hall–Kier alpha value is -1.14. The Labute approximate surface area is 88.0 Å². The molecule has 1 heterocycles. The summed E-state index contributed by atoms with van der Waals surface area (Å²) in [6.45, 7) is 1.05. The lowest BCUT2D eigenvalue weighted by Crippen LogP contribution is -2.49. The van der Waals surface area contributed by atoms with Gasteiger partial charge in [-0.25, -0.2) is 0 Å². The van der Waals surface area contributed by atoms with Gasteiger partial charge in [-0.3, -0.25) is 14.5 Å².